The Labute approximate surface area is 131 Å². The third kappa shape index (κ3) is 3.65. The van der Waals surface area contributed by atoms with Gasteiger partial charge in [-0.3, -0.25) is 9.59 Å². The molecule has 1 aromatic carbocycles. The van der Waals surface area contributed by atoms with E-state index in [4.69, 9.17) is 4.74 Å². The van der Waals surface area contributed by atoms with Gasteiger partial charge in [0.2, 0.25) is 5.91 Å². The second kappa shape index (κ2) is 7.40. The molecule has 5 nitrogen and oxygen atoms in total. The maximum absolute atomic E-state index is 12.6. The molecule has 1 aliphatic carbocycles. The molecule has 120 valence electrons. The molecular weight excluding hydrogens is 280 g/mol. The fraction of sp³-hybridized carbons (Fsp3) is 0.529. The summed E-state index contributed by atoms with van der Waals surface area (Å²) in [7, 11) is 3.24. The Morgan fingerprint density at radius 3 is 2.59 bits per heavy atom. The van der Waals surface area contributed by atoms with Crippen LogP contribution in [-0.2, 0) is 16.1 Å². The molecular formula is C17H24N2O3. The largest absolute Gasteiger partial charge is 0.380 e. The van der Waals surface area contributed by atoms with Crippen molar-refractivity contribution in [2.24, 2.45) is 0 Å². The van der Waals surface area contributed by atoms with Crippen molar-refractivity contribution in [1.29, 1.82) is 0 Å². The first kappa shape index (κ1) is 16.5. The van der Waals surface area contributed by atoms with Gasteiger partial charge in [0.05, 0.1) is 6.61 Å². The molecule has 1 aliphatic rings. The zero-order valence-electron chi connectivity index (χ0n) is 13.3. The second-order valence-corrected chi connectivity index (χ2v) is 5.81. The lowest BCUT2D eigenvalue weighted by Gasteiger charge is -2.36. The average Bonchev–Trinajstić information content (AvgIpc) is 2.55. The van der Waals surface area contributed by atoms with Gasteiger partial charge < -0.3 is 15.4 Å². The summed E-state index contributed by atoms with van der Waals surface area (Å²) in [6, 6.07) is 7.31. The highest BCUT2D eigenvalue weighted by Crippen LogP contribution is 2.29. The summed E-state index contributed by atoms with van der Waals surface area (Å²) < 4.78 is 5.09. The van der Waals surface area contributed by atoms with Crippen molar-refractivity contribution in [3.63, 3.8) is 0 Å². The van der Waals surface area contributed by atoms with Crippen LogP contribution in [0.3, 0.4) is 0 Å². The number of carbonyl (C=O) groups is 2. The molecule has 0 bridgehead atoms. The number of hydrogen-bond acceptors (Lipinski definition) is 3. The van der Waals surface area contributed by atoms with E-state index in [9.17, 15) is 9.59 Å². The second-order valence-electron chi connectivity index (χ2n) is 5.81. The fourth-order valence-electron chi connectivity index (χ4n) is 3.06. The van der Waals surface area contributed by atoms with Crippen molar-refractivity contribution in [2.45, 2.75) is 44.2 Å². The minimum atomic E-state index is -0.776. The highest BCUT2D eigenvalue weighted by molar-refractivity contribution is 5.99. The summed E-state index contributed by atoms with van der Waals surface area (Å²) in [5.74, 6) is -0.308. The van der Waals surface area contributed by atoms with Gasteiger partial charge in [0.15, 0.2) is 0 Å². The molecule has 2 rings (SSSR count). The van der Waals surface area contributed by atoms with Crippen LogP contribution in [-0.4, -0.2) is 31.5 Å². The van der Waals surface area contributed by atoms with Gasteiger partial charge in [-0.15, -0.1) is 0 Å². The van der Waals surface area contributed by atoms with E-state index in [2.05, 4.69) is 10.6 Å². The maximum atomic E-state index is 12.6. The summed E-state index contributed by atoms with van der Waals surface area (Å²) in [5.41, 5.74) is 0.720. The van der Waals surface area contributed by atoms with E-state index >= 15 is 0 Å². The van der Waals surface area contributed by atoms with Crippen LogP contribution < -0.4 is 10.6 Å². The van der Waals surface area contributed by atoms with E-state index in [1.165, 1.54) is 0 Å². The lowest BCUT2D eigenvalue weighted by atomic mass is 9.80. The first-order chi connectivity index (χ1) is 10.6. The smallest absolute Gasteiger partial charge is 0.252 e. The molecule has 1 fully saturated rings. The van der Waals surface area contributed by atoms with Crippen molar-refractivity contribution in [3.8, 4) is 0 Å². The lowest BCUT2D eigenvalue weighted by Crippen LogP contribution is -2.59. The molecule has 2 amide bonds. The molecule has 0 spiro atoms. The van der Waals surface area contributed by atoms with Crippen molar-refractivity contribution < 1.29 is 14.3 Å². The molecule has 0 atom stereocenters. The van der Waals surface area contributed by atoms with Gasteiger partial charge in [-0.2, -0.15) is 0 Å². The third-order valence-corrected chi connectivity index (χ3v) is 4.22. The van der Waals surface area contributed by atoms with Crippen LogP contribution in [0.25, 0.3) is 0 Å². The zero-order chi connectivity index (χ0) is 16.0. The normalized spacial score (nSPS) is 16.8. The minimum Gasteiger partial charge on any atom is -0.380 e. The predicted octanol–water partition coefficient (Wildman–Crippen LogP) is 2.01. The third-order valence-electron chi connectivity index (χ3n) is 4.22. The molecule has 2 N–H and O–H groups in total. The molecule has 0 heterocycles. The maximum Gasteiger partial charge on any atom is 0.252 e. The number of amides is 2. The summed E-state index contributed by atoms with van der Waals surface area (Å²) in [6.45, 7) is 0.460. The molecule has 1 saturated carbocycles. The van der Waals surface area contributed by atoms with Crippen LogP contribution in [0, 0.1) is 0 Å². The SMILES string of the molecule is CNC(=O)C1(NC(=O)c2cccc(COC)c2)CCCCC1. The molecule has 0 saturated heterocycles. The van der Waals surface area contributed by atoms with Gasteiger partial charge in [0.1, 0.15) is 5.54 Å². The topological polar surface area (TPSA) is 67.4 Å². The van der Waals surface area contributed by atoms with Crippen molar-refractivity contribution in [3.05, 3.63) is 35.4 Å². The van der Waals surface area contributed by atoms with E-state index in [1.807, 2.05) is 12.1 Å². The van der Waals surface area contributed by atoms with Crippen molar-refractivity contribution >= 4 is 11.8 Å². The van der Waals surface area contributed by atoms with E-state index < -0.39 is 5.54 Å². The highest BCUT2D eigenvalue weighted by Gasteiger charge is 2.40. The number of hydrogen-bond donors (Lipinski definition) is 2. The van der Waals surface area contributed by atoms with E-state index in [0.29, 0.717) is 25.0 Å². The minimum absolute atomic E-state index is 0.103. The average molecular weight is 304 g/mol. The number of benzene rings is 1. The molecule has 1 aromatic rings. The van der Waals surface area contributed by atoms with Gasteiger partial charge in [0, 0.05) is 19.7 Å². The Bertz CT molecular complexity index is 536. The quantitative estimate of drug-likeness (QED) is 0.874. The Morgan fingerprint density at radius 2 is 1.95 bits per heavy atom. The fourth-order valence-corrected chi connectivity index (χ4v) is 3.06. The molecule has 22 heavy (non-hydrogen) atoms. The molecule has 0 radical (unpaired) electrons. The van der Waals surface area contributed by atoms with Crippen molar-refractivity contribution in [1.82, 2.24) is 10.6 Å². The molecule has 0 aromatic heterocycles. The number of ether oxygens (including phenoxy) is 1. The Balaban J connectivity index is 2.17. The summed E-state index contributed by atoms with van der Waals surface area (Å²) >= 11 is 0. The Kier molecular flexibility index (Phi) is 5.55. The number of rotatable bonds is 5. The van der Waals surface area contributed by atoms with Gasteiger partial charge >= 0.3 is 0 Å². The van der Waals surface area contributed by atoms with Gasteiger partial charge in [-0.1, -0.05) is 31.4 Å². The Hall–Kier alpha value is -1.88. The van der Waals surface area contributed by atoms with E-state index in [0.717, 1.165) is 24.8 Å². The highest BCUT2D eigenvalue weighted by atomic mass is 16.5. The number of likely N-dealkylation sites (N-methyl/N-ethyl adjacent to an activating group) is 1. The monoisotopic (exact) mass is 304 g/mol. The van der Waals surface area contributed by atoms with Crippen LogP contribution in [0.1, 0.15) is 48.0 Å². The van der Waals surface area contributed by atoms with Gasteiger partial charge in [-0.25, -0.2) is 0 Å². The summed E-state index contributed by atoms with van der Waals surface area (Å²) in [4.78, 5) is 24.8. The number of methoxy groups -OCH3 is 1. The first-order valence-electron chi connectivity index (χ1n) is 7.74. The molecule has 5 heteroatoms. The van der Waals surface area contributed by atoms with Gasteiger partial charge in [-0.05, 0) is 30.5 Å². The Morgan fingerprint density at radius 1 is 1.23 bits per heavy atom. The van der Waals surface area contributed by atoms with Crippen LogP contribution >= 0.6 is 0 Å². The van der Waals surface area contributed by atoms with Crippen LogP contribution in [0.2, 0.25) is 0 Å². The first-order valence-corrected chi connectivity index (χ1v) is 7.74. The standard InChI is InChI=1S/C17H24N2O3/c1-18-16(21)17(9-4-3-5-10-17)19-15(20)14-8-6-7-13(11-14)12-22-2/h6-8,11H,3-5,9-10,12H2,1-2H3,(H,18,21)(H,19,20). The predicted molar refractivity (Wildman–Crippen MR) is 84.5 cm³/mol. The van der Waals surface area contributed by atoms with Gasteiger partial charge in [0.25, 0.3) is 5.91 Å². The van der Waals surface area contributed by atoms with Crippen molar-refractivity contribution in [2.75, 3.05) is 14.2 Å². The zero-order valence-corrected chi connectivity index (χ0v) is 13.3. The van der Waals surface area contributed by atoms with Crippen LogP contribution in [0.15, 0.2) is 24.3 Å². The van der Waals surface area contributed by atoms with Crippen LogP contribution in [0.5, 0.6) is 0 Å². The summed E-state index contributed by atoms with van der Waals surface area (Å²) in [6.07, 6.45) is 4.40. The summed E-state index contributed by atoms with van der Waals surface area (Å²) in [5, 5.41) is 5.67. The molecule has 0 aliphatic heterocycles. The van der Waals surface area contributed by atoms with E-state index in [1.54, 1.807) is 26.3 Å². The number of nitrogens with one attached hydrogen (secondary N) is 2. The number of carbonyl (C=O) groups excluding carboxylic acids is 2. The molecule has 0 unspecified atom stereocenters. The van der Waals surface area contributed by atoms with E-state index in [-0.39, 0.29) is 11.8 Å². The lowest BCUT2D eigenvalue weighted by molar-refractivity contribution is -0.128. The van der Waals surface area contributed by atoms with Crippen LogP contribution in [0.4, 0.5) is 0 Å².